The average molecular weight is 327 g/mol. The third kappa shape index (κ3) is 6.04. The summed E-state index contributed by atoms with van der Waals surface area (Å²) in [6.45, 7) is 1.37. The van der Waals surface area contributed by atoms with Crippen molar-refractivity contribution < 1.29 is 28.6 Å². The van der Waals surface area contributed by atoms with Crippen molar-refractivity contribution in [3.63, 3.8) is 0 Å². The molecule has 0 aromatic heterocycles. The van der Waals surface area contributed by atoms with Crippen LogP contribution in [-0.4, -0.2) is 44.0 Å². The quantitative estimate of drug-likeness (QED) is 0.627. The van der Waals surface area contributed by atoms with E-state index in [1.54, 1.807) is 19.2 Å². The first-order chi connectivity index (χ1) is 10.5. The molecule has 22 heavy (non-hydrogen) atoms. The number of hydrogen-bond acceptors (Lipinski definition) is 7. The lowest BCUT2D eigenvalue weighted by molar-refractivity contribution is -0.152. The number of nitrogens with one attached hydrogen (secondary N) is 1. The van der Waals surface area contributed by atoms with Crippen LogP contribution in [-0.2, 0) is 19.1 Å². The molecule has 0 spiro atoms. The highest BCUT2D eigenvalue weighted by Gasteiger charge is 2.20. The second kappa shape index (κ2) is 8.93. The Morgan fingerprint density at radius 1 is 1.18 bits per heavy atom. The van der Waals surface area contributed by atoms with Gasteiger partial charge in [-0.2, -0.15) is 0 Å². The summed E-state index contributed by atoms with van der Waals surface area (Å²) in [6, 6.07) is 7.18. The fraction of sp³-hybridized carbons (Fsp3) is 0.357. The van der Waals surface area contributed by atoms with E-state index in [4.69, 9.17) is 9.47 Å². The Labute approximate surface area is 132 Å². The number of esters is 1. The predicted octanol–water partition coefficient (Wildman–Crippen LogP) is 1.60. The van der Waals surface area contributed by atoms with Crippen LogP contribution in [0.2, 0.25) is 0 Å². The van der Waals surface area contributed by atoms with Gasteiger partial charge in [0.05, 0.1) is 20.0 Å². The van der Waals surface area contributed by atoms with Crippen LogP contribution in [0.5, 0.6) is 5.75 Å². The third-order valence-electron chi connectivity index (χ3n) is 2.50. The van der Waals surface area contributed by atoms with E-state index in [-0.39, 0.29) is 5.75 Å². The molecule has 0 heterocycles. The smallest absolute Gasteiger partial charge is 0.413 e. The van der Waals surface area contributed by atoms with Crippen molar-refractivity contribution in [3.8, 4) is 5.75 Å². The van der Waals surface area contributed by atoms with Crippen LogP contribution in [0.25, 0.3) is 0 Å². The minimum Gasteiger partial charge on any atom is -0.497 e. The molecule has 1 N–H and O–H groups in total. The van der Waals surface area contributed by atoms with E-state index in [2.05, 4.69) is 4.74 Å². The standard InChI is InChI=1S/C14H17NO6S/c1-9(13(17)15-14(18)20-3)21-12(16)8-22-11-6-4-10(19-2)5-7-11/h4-7,9H,8H2,1-3H3,(H,15,17,18)/t9-/m1/s1. The fourth-order valence-corrected chi connectivity index (χ4v) is 2.03. The van der Waals surface area contributed by atoms with Crippen LogP contribution in [0.3, 0.4) is 0 Å². The number of methoxy groups -OCH3 is 2. The summed E-state index contributed by atoms with van der Waals surface area (Å²) in [5, 5.41) is 1.92. The highest BCUT2D eigenvalue weighted by atomic mass is 32.2. The lowest BCUT2D eigenvalue weighted by Crippen LogP contribution is -2.39. The first kappa shape index (κ1) is 17.8. The number of carbonyl (C=O) groups excluding carboxylic acids is 3. The van der Waals surface area contributed by atoms with Gasteiger partial charge in [0.15, 0.2) is 6.10 Å². The molecule has 0 aliphatic rings. The molecular formula is C14H17NO6S. The zero-order chi connectivity index (χ0) is 16.5. The molecule has 0 fully saturated rings. The summed E-state index contributed by atoms with van der Waals surface area (Å²) in [6.07, 6.45) is -1.98. The van der Waals surface area contributed by atoms with Gasteiger partial charge in [-0.15, -0.1) is 11.8 Å². The Kier molecular flexibility index (Phi) is 7.24. The highest BCUT2D eigenvalue weighted by Crippen LogP contribution is 2.21. The van der Waals surface area contributed by atoms with E-state index in [0.717, 1.165) is 17.8 Å². The highest BCUT2D eigenvalue weighted by molar-refractivity contribution is 8.00. The van der Waals surface area contributed by atoms with Crippen molar-refractivity contribution in [2.75, 3.05) is 20.0 Å². The van der Waals surface area contributed by atoms with E-state index in [0.29, 0.717) is 0 Å². The molecule has 0 saturated heterocycles. The monoisotopic (exact) mass is 327 g/mol. The summed E-state index contributed by atoms with van der Waals surface area (Å²) in [5.74, 6) is -0.537. The number of hydrogen-bond donors (Lipinski definition) is 1. The predicted molar refractivity (Wildman–Crippen MR) is 79.8 cm³/mol. The number of thioether (sulfide) groups is 1. The second-order valence-corrected chi connectivity index (χ2v) is 5.13. The molecular weight excluding hydrogens is 310 g/mol. The minimum atomic E-state index is -1.08. The molecule has 1 rings (SSSR count). The first-order valence-electron chi connectivity index (χ1n) is 6.31. The first-order valence-corrected chi connectivity index (χ1v) is 7.30. The maximum absolute atomic E-state index is 11.6. The van der Waals surface area contributed by atoms with E-state index >= 15 is 0 Å². The normalized spacial score (nSPS) is 11.2. The van der Waals surface area contributed by atoms with Gasteiger partial charge in [0, 0.05) is 4.90 Å². The molecule has 0 unspecified atom stereocenters. The third-order valence-corrected chi connectivity index (χ3v) is 3.49. The number of rotatable bonds is 6. The molecule has 7 nitrogen and oxygen atoms in total. The van der Waals surface area contributed by atoms with E-state index in [1.165, 1.54) is 18.7 Å². The van der Waals surface area contributed by atoms with Gasteiger partial charge in [-0.05, 0) is 31.2 Å². The number of alkyl carbamates (subject to hydrolysis) is 1. The van der Waals surface area contributed by atoms with Crippen LogP contribution >= 0.6 is 11.8 Å². The van der Waals surface area contributed by atoms with Gasteiger partial charge in [-0.1, -0.05) is 0 Å². The molecule has 1 aromatic carbocycles. The summed E-state index contributed by atoms with van der Waals surface area (Å²) in [5.41, 5.74) is 0. The number of amides is 2. The van der Waals surface area contributed by atoms with Crippen molar-refractivity contribution in [2.45, 2.75) is 17.9 Å². The van der Waals surface area contributed by atoms with E-state index in [9.17, 15) is 14.4 Å². The van der Waals surface area contributed by atoms with Crippen molar-refractivity contribution in [1.82, 2.24) is 5.32 Å². The minimum absolute atomic E-state index is 0.0438. The van der Waals surface area contributed by atoms with E-state index in [1.807, 2.05) is 17.4 Å². The molecule has 8 heteroatoms. The molecule has 1 atom stereocenters. The van der Waals surface area contributed by atoms with Crippen molar-refractivity contribution >= 4 is 29.7 Å². The molecule has 1 aromatic rings. The van der Waals surface area contributed by atoms with Gasteiger partial charge in [0.1, 0.15) is 5.75 Å². The number of carbonyl (C=O) groups is 3. The summed E-state index contributed by atoms with van der Waals surface area (Å²) in [4.78, 5) is 34.9. The average Bonchev–Trinajstić information content (AvgIpc) is 2.53. The molecule has 0 bridgehead atoms. The fourth-order valence-electron chi connectivity index (χ4n) is 1.35. The van der Waals surface area contributed by atoms with Crippen LogP contribution in [0.1, 0.15) is 6.92 Å². The van der Waals surface area contributed by atoms with Crippen LogP contribution in [0.4, 0.5) is 4.79 Å². The maximum atomic E-state index is 11.6. The van der Waals surface area contributed by atoms with Gasteiger partial charge < -0.3 is 14.2 Å². The molecule has 0 aliphatic carbocycles. The van der Waals surface area contributed by atoms with Gasteiger partial charge in [0.2, 0.25) is 0 Å². The zero-order valence-corrected chi connectivity index (χ0v) is 13.3. The summed E-state index contributed by atoms with van der Waals surface area (Å²) in [7, 11) is 2.70. The van der Waals surface area contributed by atoms with Gasteiger partial charge in [-0.3, -0.25) is 14.9 Å². The molecule has 2 amide bonds. The summed E-state index contributed by atoms with van der Waals surface area (Å²) < 4.78 is 14.2. The maximum Gasteiger partial charge on any atom is 0.413 e. The van der Waals surface area contributed by atoms with Gasteiger partial charge in [0.25, 0.3) is 5.91 Å². The SMILES string of the molecule is COC(=O)NC(=O)[C@@H](C)OC(=O)CSc1ccc(OC)cc1. The van der Waals surface area contributed by atoms with Gasteiger partial charge in [-0.25, -0.2) is 4.79 Å². The topological polar surface area (TPSA) is 90.9 Å². The van der Waals surface area contributed by atoms with Crippen molar-refractivity contribution in [3.05, 3.63) is 24.3 Å². The Morgan fingerprint density at radius 2 is 1.82 bits per heavy atom. The zero-order valence-electron chi connectivity index (χ0n) is 12.5. The molecule has 0 aliphatic heterocycles. The van der Waals surface area contributed by atoms with Crippen LogP contribution < -0.4 is 10.1 Å². The van der Waals surface area contributed by atoms with Gasteiger partial charge >= 0.3 is 12.1 Å². The Balaban J connectivity index is 2.38. The number of imide groups is 1. The lowest BCUT2D eigenvalue weighted by Gasteiger charge is -2.12. The van der Waals surface area contributed by atoms with E-state index < -0.39 is 24.1 Å². The van der Waals surface area contributed by atoms with Crippen LogP contribution in [0.15, 0.2) is 29.2 Å². The van der Waals surface area contributed by atoms with Crippen molar-refractivity contribution in [2.24, 2.45) is 0 Å². The Hall–Kier alpha value is -2.22. The molecule has 0 radical (unpaired) electrons. The Morgan fingerprint density at radius 3 is 2.36 bits per heavy atom. The largest absolute Gasteiger partial charge is 0.497 e. The lowest BCUT2D eigenvalue weighted by atomic mass is 10.3. The molecule has 0 saturated carbocycles. The molecule has 120 valence electrons. The Bertz CT molecular complexity index is 531. The second-order valence-electron chi connectivity index (χ2n) is 4.08. The summed E-state index contributed by atoms with van der Waals surface area (Å²) >= 11 is 1.27. The van der Waals surface area contributed by atoms with Crippen LogP contribution in [0, 0.1) is 0 Å². The number of ether oxygens (including phenoxy) is 3. The van der Waals surface area contributed by atoms with Crippen molar-refractivity contribution in [1.29, 1.82) is 0 Å². The number of benzene rings is 1.